The highest BCUT2D eigenvalue weighted by Crippen LogP contribution is 2.09. The summed E-state index contributed by atoms with van der Waals surface area (Å²) >= 11 is 0. The third-order valence-corrected chi connectivity index (χ3v) is 1.67. The van der Waals surface area contributed by atoms with Gasteiger partial charge in [0, 0.05) is 25.9 Å². The van der Waals surface area contributed by atoms with E-state index in [0.717, 1.165) is 5.69 Å². The Kier molecular flexibility index (Phi) is 3.01. The zero-order valence-electron chi connectivity index (χ0n) is 8.74. The molecular formula is C9H13N3O2. The lowest BCUT2D eigenvalue weighted by Crippen LogP contribution is -2.15. The minimum Gasteiger partial charge on any atom is -0.463 e. The van der Waals surface area contributed by atoms with E-state index in [1.165, 1.54) is 7.11 Å². The molecule has 0 aliphatic heterocycles. The number of anilines is 1. The summed E-state index contributed by atoms with van der Waals surface area (Å²) in [5.41, 5.74) is 0.740. The van der Waals surface area contributed by atoms with E-state index >= 15 is 0 Å². The van der Waals surface area contributed by atoms with Crippen molar-refractivity contribution >= 4 is 11.8 Å². The largest absolute Gasteiger partial charge is 0.463 e. The van der Waals surface area contributed by atoms with Gasteiger partial charge in [-0.3, -0.25) is 0 Å². The molecule has 0 amide bonds. The maximum absolute atomic E-state index is 11.2. The van der Waals surface area contributed by atoms with Gasteiger partial charge in [-0.15, -0.1) is 0 Å². The summed E-state index contributed by atoms with van der Waals surface area (Å²) in [6.07, 6.45) is 0. The summed E-state index contributed by atoms with van der Waals surface area (Å²) in [6, 6.07) is 1.80. The predicted molar refractivity (Wildman–Crippen MR) is 52.4 cm³/mol. The molecule has 1 aromatic heterocycles. The predicted octanol–water partition coefficient (Wildman–Crippen LogP) is 0.638. The lowest BCUT2D eigenvalue weighted by atomic mass is 10.4. The Bertz CT molecular complexity index is 350. The molecule has 0 saturated carbocycles. The van der Waals surface area contributed by atoms with E-state index in [-0.39, 0.29) is 5.82 Å². The summed E-state index contributed by atoms with van der Waals surface area (Å²) in [6.45, 7) is 1.81. The number of nitrogens with zero attached hydrogens (tertiary/aromatic N) is 3. The van der Waals surface area contributed by atoms with Crippen LogP contribution < -0.4 is 4.90 Å². The minimum absolute atomic E-state index is 0.0937. The fraction of sp³-hybridized carbons (Fsp3) is 0.444. The molecule has 0 aliphatic rings. The number of esters is 1. The van der Waals surface area contributed by atoms with Crippen molar-refractivity contribution in [1.82, 2.24) is 9.97 Å². The highest BCUT2D eigenvalue weighted by Gasteiger charge is 2.11. The first-order valence-corrected chi connectivity index (χ1v) is 4.16. The fourth-order valence-electron chi connectivity index (χ4n) is 0.964. The van der Waals surface area contributed by atoms with Crippen molar-refractivity contribution < 1.29 is 9.53 Å². The molecule has 0 N–H and O–H groups in total. The smallest absolute Gasteiger partial charge is 0.376 e. The standard InChI is InChI=1S/C9H13N3O2/c1-6-5-7(12(2)3)11-8(10-6)9(13)14-4/h5H,1-4H3. The van der Waals surface area contributed by atoms with E-state index in [4.69, 9.17) is 0 Å². The van der Waals surface area contributed by atoms with Crippen LogP contribution in [0.15, 0.2) is 6.07 Å². The Morgan fingerprint density at radius 1 is 1.43 bits per heavy atom. The number of hydrogen-bond acceptors (Lipinski definition) is 5. The van der Waals surface area contributed by atoms with Crippen LogP contribution in [0.2, 0.25) is 0 Å². The van der Waals surface area contributed by atoms with Gasteiger partial charge in [-0.1, -0.05) is 0 Å². The minimum atomic E-state index is -0.517. The molecule has 76 valence electrons. The summed E-state index contributed by atoms with van der Waals surface area (Å²) in [5.74, 6) is 0.269. The van der Waals surface area contributed by atoms with Crippen molar-refractivity contribution in [1.29, 1.82) is 0 Å². The van der Waals surface area contributed by atoms with Crippen LogP contribution in [0.3, 0.4) is 0 Å². The van der Waals surface area contributed by atoms with Crippen LogP contribution in [-0.2, 0) is 4.74 Å². The number of ether oxygens (including phenoxy) is 1. The first-order chi connectivity index (χ1) is 6.54. The molecule has 1 heterocycles. The second-order valence-corrected chi connectivity index (χ2v) is 3.08. The van der Waals surface area contributed by atoms with Gasteiger partial charge in [-0.05, 0) is 6.92 Å². The van der Waals surface area contributed by atoms with Crippen molar-refractivity contribution in [2.45, 2.75) is 6.92 Å². The van der Waals surface area contributed by atoms with E-state index in [0.29, 0.717) is 5.82 Å². The van der Waals surface area contributed by atoms with E-state index in [1.54, 1.807) is 17.9 Å². The van der Waals surface area contributed by atoms with Crippen molar-refractivity contribution in [3.05, 3.63) is 17.6 Å². The Hall–Kier alpha value is -1.65. The topological polar surface area (TPSA) is 55.3 Å². The van der Waals surface area contributed by atoms with Gasteiger partial charge < -0.3 is 9.64 Å². The molecule has 0 aromatic carbocycles. The van der Waals surface area contributed by atoms with Gasteiger partial charge in [-0.25, -0.2) is 14.8 Å². The molecule has 1 aromatic rings. The quantitative estimate of drug-likeness (QED) is 0.648. The van der Waals surface area contributed by atoms with Crippen molar-refractivity contribution in [3.8, 4) is 0 Å². The molecule has 14 heavy (non-hydrogen) atoms. The van der Waals surface area contributed by atoms with Gasteiger partial charge in [0.15, 0.2) is 0 Å². The third-order valence-electron chi connectivity index (χ3n) is 1.67. The fourth-order valence-corrected chi connectivity index (χ4v) is 0.964. The Morgan fingerprint density at radius 2 is 2.07 bits per heavy atom. The summed E-state index contributed by atoms with van der Waals surface area (Å²) in [4.78, 5) is 21.0. The molecular weight excluding hydrogens is 182 g/mol. The molecule has 0 fully saturated rings. The average molecular weight is 195 g/mol. The molecule has 5 nitrogen and oxygen atoms in total. The molecule has 1 rings (SSSR count). The number of methoxy groups -OCH3 is 1. The molecule has 0 saturated heterocycles. The number of carbonyl (C=O) groups is 1. The second kappa shape index (κ2) is 4.04. The number of aromatic nitrogens is 2. The lowest BCUT2D eigenvalue weighted by Gasteiger charge is -2.12. The Labute approximate surface area is 82.7 Å². The number of hydrogen-bond donors (Lipinski definition) is 0. The summed E-state index contributed by atoms with van der Waals surface area (Å²) in [7, 11) is 5.01. The molecule has 0 bridgehead atoms. The van der Waals surface area contributed by atoms with Crippen LogP contribution in [0, 0.1) is 6.92 Å². The third kappa shape index (κ3) is 2.18. The van der Waals surface area contributed by atoms with Gasteiger partial charge in [-0.2, -0.15) is 0 Å². The number of aryl methyl sites for hydroxylation is 1. The maximum atomic E-state index is 11.2. The van der Waals surface area contributed by atoms with Crippen molar-refractivity contribution in [2.24, 2.45) is 0 Å². The molecule has 0 spiro atoms. The molecule has 0 aliphatic carbocycles. The zero-order valence-corrected chi connectivity index (χ0v) is 8.74. The molecule has 0 unspecified atom stereocenters. The van der Waals surface area contributed by atoms with Crippen LogP contribution >= 0.6 is 0 Å². The normalized spacial score (nSPS) is 9.71. The van der Waals surface area contributed by atoms with Gasteiger partial charge in [0.1, 0.15) is 5.82 Å². The van der Waals surface area contributed by atoms with Crippen LogP contribution in [0.1, 0.15) is 16.3 Å². The lowest BCUT2D eigenvalue weighted by molar-refractivity contribution is 0.0586. The van der Waals surface area contributed by atoms with Gasteiger partial charge in [0.2, 0.25) is 5.82 Å². The molecule has 5 heteroatoms. The summed E-state index contributed by atoms with van der Waals surface area (Å²) < 4.78 is 4.54. The highest BCUT2D eigenvalue weighted by molar-refractivity contribution is 5.85. The number of rotatable bonds is 2. The van der Waals surface area contributed by atoms with E-state index in [9.17, 15) is 4.79 Å². The van der Waals surface area contributed by atoms with Gasteiger partial charge >= 0.3 is 5.97 Å². The van der Waals surface area contributed by atoms with Crippen LogP contribution in [-0.4, -0.2) is 37.1 Å². The van der Waals surface area contributed by atoms with Crippen LogP contribution in [0.25, 0.3) is 0 Å². The number of carbonyl (C=O) groups excluding carboxylic acids is 1. The first-order valence-electron chi connectivity index (χ1n) is 4.16. The Balaban J connectivity index is 3.13. The average Bonchev–Trinajstić information content (AvgIpc) is 2.15. The van der Waals surface area contributed by atoms with E-state index < -0.39 is 5.97 Å². The van der Waals surface area contributed by atoms with Crippen molar-refractivity contribution in [2.75, 3.05) is 26.1 Å². The van der Waals surface area contributed by atoms with Gasteiger partial charge in [0.25, 0.3) is 0 Å². The zero-order chi connectivity index (χ0) is 10.7. The van der Waals surface area contributed by atoms with Gasteiger partial charge in [0.05, 0.1) is 7.11 Å². The highest BCUT2D eigenvalue weighted by atomic mass is 16.5. The maximum Gasteiger partial charge on any atom is 0.376 e. The second-order valence-electron chi connectivity index (χ2n) is 3.08. The van der Waals surface area contributed by atoms with Crippen molar-refractivity contribution in [3.63, 3.8) is 0 Å². The van der Waals surface area contributed by atoms with E-state index in [2.05, 4.69) is 14.7 Å². The van der Waals surface area contributed by atoms with Crippen LogP contribution in [0.5, 0.6) is 0 Å². The monoisotopic (exact) mass is 195 g/mol. The first kappa shape index (κ1) is 10.4. The van der Waals surface area contributed by atoms with E-state index in [1.807, 2.05) is 14.1 Å². The summed E-state index contributed by atoms with van der Waals surface area (Å²) in [5, 5.41) is 0. The SMILES string of the molecule is COC(=O)c1nc(C)cc(N(C)C)n1. The van der Waals surface area contributed by atoms with Crippen LogP contribution in [0.4, 0.5) is 5.82 Å². The Morgan fingerprint density at radius 3 is 2.57 bits per heavy atom. The molecule has 0 radical (unpaired) electrons. The molecule has 0 atom stereocenters.